The zero-order valence-corrected chi connectivity index (χ0v) is 15.7. The molecule has 0 saturated carbocycles. The zero-order chi connectivity index (χ0) is 19.7. The lowest BCUT2D eigenvalue weighted by Gasteiger charge is -2.32. The molecule has 1 saturated heterocycles. The first-order valence-corrected chi connectivity index (χ1v) is 9.41. The Hall–Kier alpha value is -1.83. The second kappa shape index (κ2) is 10.5. The number of aliphatic imine (C=N–C) groups is 1. The number of benzene rings is 1. The van der Waals surface area contributed by atoms with Crippen molar-refractivity contribution in [1.29, 1.82) is 0 Å². The largest absolute Gasteiger partial charge is 0.401 e. The van der Waals surface area contributed by atoms with Gasteiger partial charge in [-0.3, -0.25) is 4.90 Å². The van der Waals surface area contributed by atoms with E-state index < -0.39 is 12.7 Å². The molecule has 1 fully saturated rings. The van der Waals surface area contributed by atoms with Crippen LogP contribution in [-0.2, 0) is 6.54 Å². The fourth-order valence-electron chi connectivity index (χ4n) is 3.18. The van der Waals surface area contributed by atoms with Crippen molar-refractivity contribution in [2.75, 3.05) is 32.7 Å². The highest BCUT2D eigenvalue weighted by molar-refractivity contribution is 5.79. The summed E-state index contributed by atoms with van der Waals surface area (Å²) >= 11 is 0. The smallest absolute Gasteiger partial charge is 0.357 e. The van der Waals surface area contributed by atoms with E-state index in [-0.39, 0.29) is 5.82 Å². The molecule has 1 aromatic rings. The molecule has 2 rings (SSSR count). The molecule has 4 nitrogen and oxygen atoms in total. The summed E-state index contributed by atoms with van der Waals surface area (Å²) in [7, 11) is 0. The van der Waals surface area contributed by atoms with Gasteiger partial charge in [-0.25, -0.2) is 9.38 Å². The van der Waals surface area contributed by atoms with Gasteiger partial charge in [-0.2, -0.15) is 13.2 Å². The highest BCUT2D eigenvalue weighted by atomic mass is 19.4. The molecule has 0 unspecified atom stereocenters. The number of alkyl halides is 3. The van der Waals surface area contributed by atoms with Crippen LogP contribution in [0.5, 0.6) is 0 Å². The number of piperidine rings is 1. The molecule has 152 valence electrons. The lowest BCUT2D eigenvalue weighted by atomic mass is 9.93. The quantitative estimate of drug-likeness (QED) is 0.426. The number of guanidine groups is 1. The molecule has 0 atom stereocenters. The van der Waals surface area contributed by atoms with E-state index in [1.54, 1.807) is 12.1 Å². The van der Waals surface area contributed by atoms with Gasteiger partial charge in [-0.05, 0) is 62.9 Å². The highest BCUT2D eigenvalue weighted by Crippen LogP contribution is 2.23. The van der Waals surface area contributed by atoms with Crippen LogP contribution in [0, 0.1) is 11.7 Å². The summed E-state index contributed by atoms with van der Waals surface area (Å²) in [6, 6.07) is 6.24. The lowest BCUT2D eigenvalue weighted by molar-refractivity contribution is -0.148. The van der Waals surface area contributed by atoms with Crippen LogP contribution in [0.15, 0.2) is 29.3 Å². The molecule has 1 aromatic carbocycles. The van der Waals surface area contributed by atoms with Gasteiger partial charge in [0, 0.05) is 13.1 Å². The van der Waals surface area contributed by atoms with Crippen molar-refractivity contribution in [3.05, 3.63) is 35.6 Å². The standard InChI is InChI=1S/C19H28F4N4/c1-2-24-18(26-13-16-3-5-17(20)6-4-16)25-10-7-15-8-11-27(12-9-15)14-19(21,22)23/h3-6,15H,2,7-14H2,1H3,(H2,24,25,26). The van der Waals surface area contributed by atoms with E-state index in [0.717, 1.165) is 37.9 Å². The summed E-state index contributed by atoms with van der Waals surface area (Å²) in [4.78, 5) is 5.97. The van der Waals surface area contributed by atoms with Crippen molar-refractivity contribution in [2.24, 2.45) is 10.9 Å². The van der Waals surface area contributed by atoms with Crippen molar-refractivity contribution in [3.8, 4) is 0 Å². The van der Waals surface area contributed by atoms with E-state index >= 15 is 0 Å². The molecule has 0 spiro atoms. The summed E-state index contributed by atoms with van der Waals surface area (Å²) in [5, 5.41) is 6.44. The predicted octanol–water partition coefficient (Wildman–Crippen LogP) is 3.55. The second-order valence-corrected chi connectivity index (χ2v) is 6.87. The van der Waals surface area contributed by atoms with Crippen LogP contribution < -0.4 is 10.6 Å². The van der Waals surface area contributed by atoms with Crippen molar-refractivity contribution in [1.82, 2.24) is 15.5 Å². The van der Waals surface area contributed by atoms with Crippen LogP contribution in [0.25, 0.3) is 0 Å². The van der Waals surface area contributed by atoms with Gasteiger partial charge in [0.15, 0.2) is 5.96 Å². The molecule has 0 aromatic heterocycles. The number of hydrogen-bond acceptors (Lipinski definition) is 2. The molecule has 1 heterocycles. The Labute approximate surface area is 158 Å². The normalized spacial score (nSPS) is 17.1. The molecule has 1 aliphatic rings. The first kappa shape index (κ1) is 21.5. The van der Waals surface area contributed by atoms with Gasteiger partial charge in [0.2, 0.25) is 0 Å². The van der Waals surface area contributed by atoms with Crippen molar-refractivity contribution >= 4 is 5.96 Å². The van der Waals surface area contributed by atoms with Crippen molar-refractivity contribution in [2.45, 2.75) is 38.9 Å². The van der Waals surface area contributed by atoms with Gasteiger partial charge in [0.05, 0.1) is 13.1 Å². The molecular weight excluding hydrogens is 360 g/mol. The summed E-state index contributed by atoms with van der Waals surface area (Å²) < 4.78 is 50.2. The van der Waals surface area contributed by atoms with E-state index in [1.165, 1.54) is 17.0 Å². The molecule has 0 bridgehead atoms. The molecule has 0 amide bonds. The Bertz CT molecular complexity index is 578. The van der Waals surface area contributed by atoms with Crippen LogP contribution in [0.3, 0.4) is 0 Å². The average molecular weight is 388 g/mol. The summed E-state index contributed by atoms with van der Waals surface area (Å²) in [6.45, 7) is 4.07. The molecule has 1 aliphatic heterocycles. The molecular formula is C19H28F4N4. The molecule has 0 radical (unpaired) electrons. The van der Waals surface area contributed by atoms with E-state index in [4.69, 9.17) is 0 Å². The zero-order valence-electron chi connectivity index (χ0n) is 15.7. The maximum absolute atomic E-state index is 12.9. The second-order valence-electron chi connectivity index (χ2n) is 6.87. The summed E-state index contributed by atoms with van der Waals surface area (Å²) in [6.07, 6.45) is -1.63. The Morgan fingerprint density at radius 1 is 1.15 bits per heavy atom. The third kappa shape index (κ3) is 8.60. The van der Waals surface area contributed by atoms with Crippen molar-refractivity contribution < 1.29 is 17.6 Å². The summed E-state index contributed by atoms with van der Waals surface area (Å²) in [5.74, 6) is 0.854. The fraction of sp³-hybridized carbons (Fsp3) is 0.632. The van der Waals surface area contributed by atoms with Gasteiger partial charge >= 0.3 is 6.18 Å². The Kier molecular flexibility index (Phi) is 8.34. The van der Waals surface area contributed by atoms with E-state index in [0.29, 0.717) is 31.5 Å². The number of nitrogens with zero attached hydrogens (tertiary/aromatic N) is 2. The van der Waals surface area contributed by atoms with Crippen LogP contribution in [0.4, 0.5) is 17.6 Å². The molecule has 8 heteroatoms. The lowest BCUT2D eigenvalue weighted by Crippen LogP contribution is -2.41. The Morgan fingerprint density at radius 3 is 2.41 bits per heavy atom. The number of halogens is 4. The highest BCUT2D eigenvalue weighted by Gasteiger charge is 2.32. The number of nitrogens with one attached hydrogen (secondary N) is 2. The fourth-order valence-corrected chi connectivity index (χ4v) is 3.18. The van der Waals surface area contributed by atoms with E-state index in [1.807, 2.05) is 6.92 Å². The Balaban J connectivity index is 1.71. The first-order valence-electron chi connectivity index (χ1n) is 9.41. The van der Waals surface area contributed by atoms with Crippen LogP contribution in [0.2, 0.25) is 0 Å². The van der Waals surface area contributed by atoms with E-state index in [9.17, 15) is 17.6 Å². The van der Waals surface area contributed by atoms with Crippen LogP contribution in [-0.4, -0.2) is 49.8 Å². The maximum atomic E-state index is 12.9. The number of likely N-dealkylation sites (tertiary alicyclic amines) is 1. The Morgan fingerprint density at radius 2 is 1.81 bits per heavy atom. The van der Waals surface area contributed by atoms with Crippen LogP contribution in [0.1, 0.15) is 31.7 Å². The van der Waals surface area contributed by atoms with Crippen molar-refractivity contribution in [3.63, 3.8) is 0 Å². The van der Waals surface area contributed by atoms with Gasteiger partial charge in [-0.1, -0.05) is 12.1 Å². The minimum atomic E-state index is -4.11. The summed E-state index contributed by atoms with van der Waals surface area (Å²) in [5.41, 5.74) is 0.922. The SMILES string of the molecule is CCNC(=NCc1ccc(F)cc1)NCCC1CCN(CC(F)(F)F)CC1. The number of rotatable bonds is 7. The van der Waals surface area contributed by atoms with Crippen LogP contribution >= 0.6 is 0 Å². The molecule has 2 N–H and O–H groups in total. The van der Waals surface area contributed by atoms with E-state index in [2.05, 4.69) is 15.6 Å². The number of hydrogen-bond donors (Lipinski definition) is 2. The third-order valence-electron chi connectivity index (χ3n) is 4.63. The molecule has 27 heavy (non-hydrogen) atoms. The van der Waals surface area contributed by atoms with Gasteiger partial charge < -0.3 is 10.6 Å². The minimum absolute atomic E-state index is 0.269. The van der Waals surface area contributed by atoms with Gasteiger partial charge in [0.1, 0.15) is 5.82 Å². The predicted molar refractivity (Wildman–Crippen MR) is 99.1 cm³/mol. The first-order chi connectivity index (χ1) is 12.9. The average Bonchev–Trinajstić information content (AvgIpc) is 2.61. The monoisotopic (exact) mass is 388 g/mol. The van der Waals surface area contributed by atoms with Gasteiger partial charge in [-0.15, -0.1) is 0 Å². The minimum Gasteiger partial charge on any atom is -0.357 e. The topological polar surface area (TPSA) is 39.7 Å². The third-order valence-corrected chi connectivity index (χ3v) is 4.63. The molecule has 0 aliphatic carbocycles. The van der Waals surface area contributed by atoms with Gasteiger partial charge in [0.25, 0.3) is 0 Å². The maximum Gasteiger partial charge on any atom is 0.401 e.